The Morgan fingerprint density at radius 1 is 1.45 bits per heavy atom. The Hall–Kier alpha value is -1.12. The molecule has 8 heteroatoms. The van der Waals surface area contributed by atoms with E-state index in [0.717, 1.165) is 6.07 Å². The zero-order valence-corrected chi connectivity index (χ0v) is 11.8. The molecule has 2 rings (SSSR count). The zero-order chi connectivity index (χ0) is 14.8. The number of benzene rings is 1. The van der Waals surface area contributed by atoms with Crippen LogP contribution in [-0.4, -0.2) is 31.7 Å². The summed E-state index contributed by atoms with van der Waals surface area (Å²) in [5.41, 5.74) is -0.735. The molecular formula is C12H12BrF3N2O2. The molecule has 0 aromatic heterocycles. The van der Waals surface area contributed by atoms with Crippen LogP contribution in [0.15, 0.2) is 22.7 Å². The van der Waals surface area contributed by atoms with Gasteiger partial charge in [0.15, 0.2) is 0 Å². The van der Waals surface area contributed by atoms with Crippen LogP contribution in [0.3, 0.4) is 0 Å². The molecule has 0 spiro atoms. The topological polar surface area (TPSA) is 50.4 Å². The van der Waals surface area contributed by atoms with Crippen molar-refractivity contribution in [2.45, 2.75) is 12.2 Å². The second kappa shape index (κ2) is 6.11. The van der Waals surface area contributed by atoms with Crippen molar-refractivity contribution in [2.24, 2.45) is 0 Å². The summed E-state index contributed by atoms with van der Waals surface area (Å²) >= 11 is 2.84. The predicted octanol–water partition coefficient (Wildman–Crippen LogP) is 2.39. The second-order valence-corrected chi connectivity index (χ2v) is 5.12. The molecule has 1 heterocycles. The van der Waals surface area contributed by atoms with Crippen molar-refractivity contribution in [3.8, 4) is 0 Å². The summed E-state index contributed by atoms with van der Waals surface area (Å²) in [5, 5.41) is 5.38. The number of ether oxygens (including phenoxy) is 1. The van der Waals surface area contributed by atoms with Crippen molar-refractivity contribution in [3.63, 3.8) is 0 Å². The molecule has 1 saturated heterocycles. The van der Waals surface area contributed by atoms with Gasteiger partial charge in [0.25, 0.3) is 0 Å². The van der Waals surface area contributed by atoms with Crippen molar-refractivity contribution in [1.29, 1.82) is 0 Å². The fraction of sp³-hybridized carbons (Fsp3) is 0.417. The molecule has 1 amide bonds. The third kappa shape index (κ3) is 3.71. The van der Waals surface area contributed by atoms with Gasteiger partial charge >= 0.3 is 6.18 Å². The summed E-state index contributed by atoms with van der Waals surface area (Å²) in [6.45, 7) is 1.25. The number of alkyl halides is 3. The van der Waals surface area contributed by atoms with Crippen LogP contribution < -0.4 is 10.6 Å². The molecule has 20 heavy (non-hydrogen) atoms. The van der Waals surface area contributed by atoms with E-state index >= 15 is 0 Å². The van der Waals surface area contributed by atoms with E-state index in [4.69, 9.17) is 4.74 Å². The number of carbonyl (C=O) groups excluding carboxylic acids is 1. The van der Waals surface area contributed by atoms with Crippen LogP contribution in [0.2, 0.25) is 0 Å². The summed E-state index contributed by atoms with van der Waals surface area (Å²) in [7, 11) is 0. The first-order chi connectivity index (χ1) is 9.38. The van der Waals surface area contributed by atoms with Gasteiger partial charge in [-0.3, -0.25) is 4.79 Å². The molecule has 0 saturated carbocycles. The van der Waals surface area contributed by atoms with Gasteiger partial charge in [-0.05, 0) is 18.2 Å². The number of nitrogens with one attached hydrogen (secondary N) is 2. The normalized spacial score (nSPS) is 19.7. The van der Waals surface area contributed by atoms with E-state index in [2.05, 4.69) is 26.6 Å². The first kappa shape index (κ1) is 15.3. The minimum atomic E-state index is -4.48. The number of carbonyl (C=O) groups is 1. The third-order valence-electron chi connectivity index (χ3n) is 2.78. The lowest BCUT2D eigenvalue weighted by Gasteiger charge is -2.23. The average Bonchev–Trinajstić information content (AvgIpc) is 2.40. The fourth-order valence-corrected chi connectivity index (χ4v) is 2.25. The Balaban J connectivity index is 2.11. The molecule has 2 N–H and O–H groups in total. The van der Waals surface area contributed by atoms with E-state index in [1.807, 2.05) is 0 Å². The smallest absolute Gasteiger partial charge is 0.378 e. The maximum absolute atomic E-state index is 12.7. The summed E-state index contributed by atoms with van der Waals surface area (Å²) in [6.07, 6.45) is -4.48. The van der Waals surface area contributed by atoms with E-state index < -0.39 is 23.7 Å². The number of halogens is 4. The SMILES string of the molecule is O=C(Nc1ccc(Br)c(C(F)(F)F)c1)C1COCCN1. The quantitative estimate of drug-likeness (QED) is 0.859. The molecule has 1 aliphatic heterocycles. The van der Waals surface area contributed by atoms with Gasteiger partial charge in [-0.1, -0.05) is 15.9 Å². The minimum Gasteiger partial charge on any atom is -0.378 e. The average molecular weight is 353 g/mol. The van der Waals surface area contributed by atoms with Gasteiger partial charge in [-0.25, -0.2) is 0 Å². The molecule has 1 aliphatic rings. The Morgan fingerprint density at radius 2 is 2.20 bits per heavy atom. The third-order valence-corrected chi connectivity index (χ3v) is 3.47. The lowest BCUT2D eigenvalue weighted by atomic mass is 10.2. The van der Waals surface area contributed by atoms with Gasteiger partial charge < -0.3 is 15.4 Å². The van der Waals surface area contributed by atoms with Gasteiger partial charge in [0.1, 0.15) is 6.04 Å². The molecule has 0 bridgehead atoms. The van der Waals surface area contributed by atoms with Crippen molar-refractivity contribution in [3.05, 3.63) is 28.2 Å². The second-order valence-electron chi connectivity index (χ2n) is 4.26. The molecule has 0 radical (unpaired) electrons. The Labute approximate surface area is 121 Å². The molecule has 1 atom stereocenters. The summed E-state index contributed by atoms with van der Waals surface area (Å²) < 4.78 is 43.3. The van der Waals surface area contributed by atoms with E-state index in [0.29, 0.717) is 13.2 Å². The highest BCUT2D eigenvalue weighted by Crippen LogP contribution is 2.36. The lowest BCUT2D eigenvalue weighted by molar-refractivity contribution is -0.138. The van der Waals surface area contributed by atoms with Crippen LogP contribution >= 0.6 is 15.9 Å². The Kier molecular flexibility index (Phi) is 4.66. The molecular weight excluding hydrogens is 341 g/mol. The highest BCUT2D eigenvalue weighted by Gasteiger charge is 2.33. The summed E-state index contributed by atoms with van der Waals surface area (Å²) in [4.78, 5) is 11.9. The van der Waals surface area contributed by atoms with Crippen LogP contribution in [-0.2, 0) is 15.7 Å². The lowest BCUT2D eigenvalue weighted by Crippen LogP contribution is -2.48. The zero-order valence-electron chi connectivity index (χ0n) is 10.3. The standard InChI is InChI=1S/C12H12BrF3N2O2/c13-9-2-1-7(5-8(9)12(14,15)16)18-11(19)10-6-20-4-3-17-10/h1-2,5,10,17H,3-4,6H2,(H,18,19). The van der Waals surface area contributed by atoms with E-state index in [1.165, 1.54) is 12.1 Å². The van der Waals surface area contributed by atoms with Gasteiger partial charge in [-0.2, -0.15) is 13.2 Å². The number of anilines is 1. The van der Waals surface area contributed by atoms with Crippen LogP contribution in [0, 0.1) is 0 Å². The van der Waals surface area contributed by atoms with Crippen molar-refractivity contribution in [1.82, 2.24) is 5.32 Å². The molecule has 1 fully saturated rings. The molecule has 1 unspecified atom stereocenters. The Morgan fingerprint density at radius 3 is 2.80 bits per heavy atom. The maximum Gasteiger partial charge on any atom is 0.417 e. The maximum atomic E-state index is 12.7. The Bertz CT molecular complexity index is 502. The predicted molar refractivity (Wildman–Crippen MR) is 70.4 cm³/mol. The number of morpholine rings is 1. The van der Waals surface area contributed by atoms with E-state index in [-0.39, 0.29) is 16.8 Å². The molecule has 4 nitrogen and oxygen atoms in total. The minimum absolute atomic E-state index is 0.0675. The van der Waals surface area contributed by atoms with Crippen LogP contribution in [0.25, 0.3) is 0 Å². The highest BCUT2D eigenvalue weighted by atomic mass is 79.9. The number of hydrogen-bond donors (Lipinski definition) is 2. The summed E-state index contributed by atoms with van der Waals surface area (Å²) in [5.74, 6) is -0.417. The molecule has 1 aromatic carbocycles. The van der Waals surface area contributed by atoms with Crippen LogP contribution in [0.5, 0.6) is 0 Å². The monoisotopic (exact) mass is 352 g/mol. The van der Waals surface area contributed by atoms with Crippen LogP contribution in [0.1, 0.15) is 5.56 Å². The first-order valence-corrected chi connectivity index (χ1v) is 6.66. The molecule has 110 valence electrons. The van der Waals surface area contributed by atoms with Gasteiger partial charge in [0.05, 0.1) is 18.8 Å². The number of rotatable bonds is 2. The number of amides is 1. The van der Waals surface area contributed by atoms with E-state index in [1.54, 1.807) is 0 Å². The summed E-state index contributed by atoms with van der Waals surface area (Å²) in [6, 6.07) is 3.00. The first-order valence-electron chi connectivity index (χ1n) is 5.86. The van der Waals surface area contributed by atoms with Crippen molar-refractivity contribution < 1.29 is 22.7 Å². The van der Waals surface area contributed by atoms with Gasteiger partial charge in [-0.15, -0.1) is 0 Å². The highest BCUT2D eigenvalue weighted by molar-refractivity contribution is 9.10. The van der Waals surface area contributed by atoms with Crippen molar-refractivity contribution in [2.75, 3.05) is 25.1 Å². The largest absolute Gasteiger partial charge is 0.417 e. The fourth-order valence-electron chi connectivity index (χ4n) is 1.78. The van der Waals surface area contributed by atoms with E-state index in [9.17, 15) is 18.0 Å². The van der Waals surface area contributed by atoms with Crippen LogP contribution in [0.4, 0.5) is 18.9 Å². The molecule has 0 aliphatic carbocycles. The number of hydrogen-bond acceptors (Lipinski definition) is 3. The van der Waals surface area contributed by atoms with Crippen molar-refractivity contribution >= 4 is 27.5 Å². The van der Waals surface area contributed by atoms with Gasteiger partial charge in [0, 0.05) is 16.7 Å². The van der Waals surface area contributed by atoms with Gasteiger partial charge in [0.2, 0.25) is 5.91 Å². The molecule has 1 aromatic rings.